The lowest BCUT2D eigenvalue weighted by molar-refractivity contribution is -0.136. The Hall–Kier alpha value is -1.12. The van der Waals surface area contributed by atoms with Gasteiger partial charge in [-0.1, -0.05) is 19.3 Å². The lowest BCUT2D eigenvalue weighted by atomic mass is 9.71. The monoisotopic (exact) mass is 292 g/mol. The largest absolute Gasteiger partial charge is 0.340 e. The molecular formula is C16H28N4O. The van der Waals surface area contributed by atoms with Crippen molar-refractivity contribution in [3.63, 3.8) is 0 Å². The molecule has 2 aliphatic rings. The maximum Gasteiger partial charge on any atom is 0.223 e. The lowest BCUT2D eigenvalue weighted by Gasteiger charge is -2.39. The molecule has 1 amide bonds. The summed E-state index contributed by atoms with van der Waals surface area (Å²) in [6, 6.07) is 2.18. The Labute approximate surface area is 128 Å². The number of piperazine rings is 1. The fourth-order valence-corrected chi connectivity index (χ4v) is 3.62. The summed E-state index contributed by atoms with van der Waals surface area (Å²) in [5.41, 5.74) is 6.05. The summed E-state index contributed by atoms with van der Waals surface area (Å²) in [6.07, 6.45) is 7.13. The van der Waals surface area contributed by atoms with Crippen LogP contribution >= 0.6 is 0 Å². The minimum atomic E-state index is 0.0628. The van der Waals surface area contributed by atoms with Crippen LogP contribution in [0.2, 0.25) is 0 Å². The predicted octanol–water partition coefficient (Wildman–Crippen LogP) is 1.34. The van der Waals surface area contributed by atoms with Gasteiger partial charge < -0.3 is 10.6 Å². The highest BCUT2D eigenvalue weighted by atomic mass is 16.2. The maximum absolute atomic E-state index is 12.6. The minimum absolute atomic E-state index is 0.0628. The van der Waals surface area contributed by atoms with Gasteiger partial charge in [0.05, 0.1) is 6.07 Å². The Kier molecular flexibility index (Phi) is 6.01. The van der Waals surface area contributed by atoms with E-state index in [2.05, 4.69) is 11.0 Å². The Morgan fingerprint density at radius 1 is 1.14 bits per heavy atom. The molecular weight excluding hydrogens is 264 g/mol. The Morgan fingerprint density at radius 3 is 2.38 bits per heavy atom. The molecule has 1 aliphatic carbocycles. The van der Waals surface area contributed by atoms with Crippen molar-refractivity contribution in [2.45, 2.75) is 44.9 Å². The molecule has 0 aromatic carbocycles. The maximum atomic E-state index is 12.6. The Balaban J connectivity index is 1.80. The second kappa shape index (κ2) is 7.77. The van der Waals surface area contributed by atoms with E-state index in [1.807, 2.05) is 4.90 Å². The third-order valence-electron chi connectivity index (χ3n) is 5.14. The van der Waals surface area contributed by atoms with Gasteiger partial charge in [-0.25, -0.2) is 0 Å². The molecule has 0 unspecified atom stereocenters. The highest BCUT2D eigenvalue weighted by Gasteiger charge is 2.35. The summed E-state index contributed by atoms with van der Waals surface area (Å²) in [5.74, 6) is 0.280. The van der Waals surface area contributed by atoms with Crippen LogP contribution in [0, 0.1) is 16.7 Å². The van der Waals surface area contributed by atoms with Crippen LogP contribution < -0.4 is 5.73 Å². The van der Waals surface area contributed by atoms with Crippen LogP contribution in [0.1, 0.15) is 44.9 Å². The summed E-state index contributed by atoms with van der Waals surface area (Å²) < 4.78 is 0. The SMILES string of the molecule is N#CCCN1CCN(C(=O)CC2(CN)CCCCC2)CC1. The molecule has 1 saturated heterocycles. The lowest BCUT2D eigenvalue weighted by Crippen LogP contribution is -2.50. The van der Waals surface area contributed by atoms with Gasteiger partial charge in [0.25, 0.3) is 0 Å². The Bertz CT molecular complexity index is 376. The van der Waals surface area contributed by atoms with Crippen molar-refractivity contribution in [2.75, 3.05) is 39.3 Å². The van der Waals surface area contributed by atoms with E-state index in [9.17, 15) is 4.79 Å². The third-order valence-corrected chi connectivity index (χ3v) is 5.14. The number of hydrogen-bond donors (Lipinski definition) is 1. The second-order valence-electron chi connectivity index (χ2n) is 6.57. The number of nitrogens with two attached hydrogens (primary N) is 1. The van der Waals surface area contributed by atoms with E-state index in [0.717, 1.165) is 45.6 Å². The zero-order chi connectivity index (χ0) is 15.1. The van der Waals surface area contributed by atoms with Crippen molar-refractivity contribution in [3.8, 4) is 6.07 Å². The first kappa shape index (κ1) is 16.3. The summed E-state index contributed by atoms with van der Waals surface area (Å²) in [6.45, 7) is 4.84. The number of carbonyl (C=O) groups is 1. The first-order valence-corrected chi connectivity index (χ1v) is 8.26. The van der Waals surface area contributed by atoms with E-state index in [1.165, 1.54) is 19.3 Å². The number of rotatable bonds is 5. The molecule has 5 nitrogen and oxygen atoms in total. The standard InChI is InChI=1S/C16H28N4O/c17-7-4-8-19-9-11-20(12-10-19)15(21)13-16(14-18)5-2-1-3-6-16/h1-6,8-14,18H2. The predicted molar refractivity (Wildman–Crippen MR) is 82.4 cm³/mol. The van der Waals surface area contributed by atoms with E-state index in [0.29, 0.717) is 19.4 Å². The normalized spacial score (nSPS) is 22.8. The van der Waals surface area contributed by atoms with Crippen LogP contribution in [0.3, 0.4) is 0 Å². The van der Waals surface area contributed by atoms with Gasteiger partial charge in [0.1, 0.15) is 0 Å². The van der Waals surface area contributed by atoms with Gasteiger partial charge in [0.15, 0.2) is 0 Å². The molecule has 0 spiro atoms. The molecule has 2 fully saturated rings. The average molecular weight is 292 g/mol. The molecule has 1 heterocycles. The number of hydrogen-bond acceptors (Lipinski definition) is 4. The van der Waals surface area contributed by atoms with E-state index >= 15 is 0 Å². The van der Waals surface area contributed by atoms with E-state index in [4.69, 9.17) is 11.0 Å². The summed E-state index contributed by atoms with van der Waals surface area (Å²) in [4.78, 5) is 16.8. The first-order valence-electron chi connectivity index (χ1n) is 8.26. The van der Waals surface area contributed by atoms with Gasteiger partial charge in [-0.2, -0.15) is 5.26 Å². The third kappa shape index (κ3) is 4.42. The van der Waals surface area contributed by atoms with Crippen LogP contribution in [-0.4, -0.2) is 55.0 Å². The van der Waals surface area contributed by atoms with Crippen molar-refractivity contribution in [3.05, 3.63) is 0 Å². The van der Waals surface area contributed by atoms with Crippen LogP contribution in [-0.2, 0) is 4.79 Å². The van der Waals surface area contributed by atoms with Crippen molar-refractivity contribution >= 4 is 5.91 Å². The molecule has 21 heavy (non-hydrogen) atoms. The van der Waals surface area contributed by atoms with Gasteiger partial charge >= 0.3 is 0 Å². The fourth-order valence-electron chi connectivity index (χ4n) is 3.62. The molecule has 2 rings (SSSR count). The molecule has 1 saturated carbocycles. The number of amides is 1. The van der Waals surface area contributed by atoms with Gasteiger partial charge in [-0.15, -0.1) is 0 Å². The number of carbonyl (C=O) groups excluding carboxylic acids is 1. The smallest absolute Gasteiger partial charge is 0.223 e. The quantitative estimate of drug-likeness (QED) is 0.830. The van der Waals surface area contributed by atoms with Gasteiger partial charge in [-0.05, 0) is 24.8 Å². The average Bonchev–Trinajstić information content (AvgIpc) is 2.54. The first-order chi connectivity index (χ1) is 10.2. The van der Waals surface area contributed by atoms with Crippen LogP contribution in [0.25, 0.3) is 0 Å². The van der Waals surface area contributed by atoms with Crippen molar-refractivity contribution < 1.29 is 4.79 Å². The molecule has 0 bridgehead atoms. The van der Waals surface area contributed by atoms with Crippen LogP contribution in [0.15, 0.2) is 0 Å². The fraction of sp³-hybridized carbons (Fsp3) is 0.875. The summed E-state index contributed by atoms with van der Waals surface area (Å²) in [5, 5.41) is 8.62. The summed E-state index contributed by atoms with van der Waals surface area (Å²) >= 11 is 0. The molecule has 1 aliphatic heterocycles. The molecule has 5 heteroatoms. The minimum Gasteiger partial charge on any atom is -0.340 e. The number of nitriles is 1. The van der Waals surface area contributed by atoms with E-state index in [1.54, 1.807) is 0 Å². The van der Waals surface area contributed by atoms with E-state index < -0.39 is 0 Å². The molecule has 118 valence electrons. The van der Waals surface area contributed by atoms with Gasteiger partial charge in [0, 0.05) is 45.6 Å². The molecule has 0 aromatic rings. The van der Waals surface area contributed by atoms with Crippen molar-refractivity contribution in [2.24, 2.45) is 11.1 Å². The van der Waals surface area contributed by atoms with Gasteiger partial charge in [0.2, 0.25) is 5.91 Å². The Morgan fingerprint density at radius 2 is 1.81 bits per heavy atom. The van der Waals surface area contributed by atoms with Gasteiger partial charge in [-0.3, -0.25) is 9.69 Å². The molecule has 0 aromatic heterocycles. The van der Waals surface area contributed by atoms with Crippen LogP contribution in [0.4, 0.5) is 0 Å². The topological polar surface area (TPSA) is 73.4 Å². The highest BCUT2D eigenvalue weighted by Crippen LogP contribution is 2.38. The second-order valence-corrected chi connectivity index (χ2v) is 6.57. The summed E-state index contributed by atoms with van der Waals surface area (Å²) in [7, 11) is 0. The van der Waals surface area contributed by atoms with Crippen molar-refractivity contribution in [1.29, 1.82) is 5.26 Å². The van der Waals surface area contributed by atoms with E-state index in [-0.39, 0.29) is 11.3 Å². The van der Waals surface area contributed by atoms with Crippen molar-refractivity contribution in [1.82, 2.24) is 9.80 Å². The molecule has 0 radical (unpaired) electrons. The zero-order valence-corrected chi connectivity index (χ0v) is 13.0. The highest BCUT2D eigenvalue weighted by molar-refractivity contribution is 5.77. The molecule has 0 atom stereocenters. The van der Waals surface area contributed by atoms with Crippen LogP contribution in [0.5, 0.6) is 0 Å². The molecule has 2 N–H and O–H groups in total. The zero-order valence-electron chi connectivity index (χ0n) is 13.0. The number of nitrogens with zero attached hydrogens (tertiary/aromatic N) is 3.